The van der Waals surface area contributed by atoms with Gasteiger partial charge in [-0.25, -0.2) is 19.2 Å². The van der Waals surface area contributed by atoms with Crippen molar-refractivity contribution in [1.82, 2.24) is 0 Å². The second-order valence-corrected chi connectivity index (χ2v) is 29.8. The molecule has 0 saturated heterocycles. The van der Waals surface area contributed by atoms with Gasteiger partial charge in [0.1, 0.15) is 11.5 Å². The maximum atomic E-state index is 12.0. The van der Waals surface area contributed by atoms with Gasteiger partial charge in [0.25, 0.3) is 22.7 Å². The number of non-ortho nitro benzene ring substituents is 5. The summed E-state index contributed by atoms with van der Waals surface area (Å²) in [6, 6.07) is 77.1. The van der Waals surface area contributed by atoms with E-state index in [0.717, 1.165) is 67.7 Å². The van der Waals surface area contributed by atoms with Gasteiger partial charge in [-0.1, -0.05) is 80.5 Å². The van der Waals surface area contributed by atoms with Gasteiger partial charge in [-0.05, 0) is 159 Å². The quantitative estimate of drug-likeness (QED) is 0.0160. The predicted octanol–water partition coefficient (Wildman–Crippen LogP) is 18.5. The van der Waals surface area contributed by atoms with Crippen LogP contribution in [0.2, 0.25) is 0 Å². The second kappa shape index (κ2) is 47.5. The fourth-order valence-electron chi connectivity index (χ4n) is 9.68. The zero-order chi connectivity index (χ0) is 90.6. The van der Waals surface area contributed by atoms with Crippen LogP contribution in [0.5, 0.6) is 11.5 Å². The van der Waals surface area contributed by atoms with E-state index in [9.17, 15) is 87.7 Å². The van der Waals surface area contributed by atoms with Gasteiger partial charge >= 0.3 is 198 Å². The summed E-state index contributed by atoms with van der Waals surface area (Å²) in [6.45, 7) is 11.8. The molecule has 0 spiro atoms. The topological polar surface area (TPSA) is 421 Å². The molecule has 0 unspecified atom stereocenters. The van der Waals surface area contributed by atoms with Crippen molar-refractivity contribution in [3.8, 4) is 11.5 Å². The molecule has 11 aromatic rings. The number of ether oxygens (including phenoxy) is 1. The summed E-state index contributed by atoms with van der Waals surface area (Å²) in [7, 11) is 1.87. The number of nitrogens with zero attached hydrogens (tertiary/aromatic N) is 11. The normalized spacial score (nSPS) is 11.2. The van der Waals surface area contributed by atoms with Crippen molar-refractivity contribution in [3.05, 3.63) is 357 Å². The Morgan fingerprint density at radius 1 is 0.323 bits per heavy atom. The first kappa shape index (κ1) is 95.9. The van der Waals surface area contributed by atoms with Crippen molar-refractivity contribution in [3.63, 3.8) is 0 Å². The first-order chi connectivity index (χ1) is 59.0. The van der Waals surface area contributed by atoms with Gasteiger partial charge in [0.05, 0.1) is 42.5 Å². The maximum absolute atomic E-state index is 12.0. The third-order valence-corrected chi connectivity index (χ3v) is 20.1. The molecule has 636 valence electrons. The fourth-order valence-corrected chi connectivity index (χ4v) is 13.0. The Kier molecular flexibility index (Phi) is 36.7. The number of nitro groups is 5. The zero-order valence-electron chi connectivity index (χ0n) is 66.8. The number of carbonyl (C=O) groups is 5. The zero-order valence-corrected chi connectivity index (χ0v) is 70.2. The number of oxime groups is 5. The monoisotopic (exact) mass is 1800 g/mol. The van der Waals surface area contributed by atoms with Crippen LogP contribution in [0, 0.1) is 50.6 Å². The van der Waals surface area contributed by atoms with E-state index in [0.29, 0.717) is 39.9 Å². The molecule has 0 atom stereocenters. The van der Waals surface area contributed by atoms with Crippen molar-refractivity contribution in [2.24, 2.45) is 25.8 Å². The Hall–Kier alpha value is -15.3. The number of hydrogen-bond acceptors (Lipinski definition) is 29. The van der Waals surface area contributed by atoms with Crippen LogP contribution >= 0.6 is 23.5 Å². The van der Waals surface area contributed by atoms with E-state index in [1.165, 1.54) is 131 Å². The van der Waals surface area contributed by atoms with Crippen molar-refractivity contribution in [1.29, 1.82) is 0 Å². The van der Waals surface area contributed by atoms with E-state index in [2.05, 4.69) is 45.1 Å². The standard InChI is InChI=1S/C21H16N2O4Se.C17H17N3O4.C16H11F3N2O4S.C16H14N2O5.C16H14N2O4S/c1-15(24)27-22-21(16-5-3-2-4-6-16)17-7-11-19(12-8-17)28-20-13-9-18(10-14-20)23(25)26;1-12(18-24-13(2)21)14-4-6-15(7-5-14)19(3)16-8-10-17(11-9-16)20(22)23;1-10(20-25-15(22)16(17,18)19)11-2-6-13(7-3-11)26-14-8-4-12(5-9-14)21(23)24;1-11(17-23-12(2)19)13-3-7-15(8-4-13)22-16-9-5-14(6-10-16)18(20)21;1-11(17-22-12(2)19)13-3-7-15(8-4-13)23-16-9-5-14(6-10-16)18(20)21/h2-14H,1H3;4-11H,1-3H3;2-9H,1H3;2*3-10H,1-2H3/b22-21+;18-12+;20-10+;2*17-11+. The number of halogens is 3. The van der Waals surface area contributed by atoms with E-state index >= 15 is 0 Å². The van der Waals surface area contributed by atoms with Crippen LogP contribution in [-0.4, -0.2) is 111 Å². The number of hydrogen-bond donors (Lipinski definition) is 0. The van der Waals surface area contributed by atoms with Gasteiger partial charge in [-0.2, -0.15) is 13.2 Å². The molecule has 0 aromatic heterocycles. The van der Waals surface area contributed by atoms with Crippen molar-refractivity contribution in [2.45, 2.75) is 81.1 Å². The van der Waals surface area contributed by atoms with Crippen LogP contribution in [0.4, 0.5) is 53.0 Å². The van der Waals surface area contributed by atoms with Crippen molar-refractivity contribution >= 4 is 146 Å². The third kappa shape index (κ3) is 32.5. The Morgan fingerprint density at radius 2 is 0.565 bits per heavy atom. The van der Waals surface area contributed by atoms with Crippen LogP contribution in [-0.2, 0) is 48.2 Å². The first-order valence-corrected chi connectivity index (χ1v) is 39.3. The van der Waals surface area contributed by atoms with Gasteiger partial charge in [0, 0.05) is 107 Å². The second-order valence-electron chi connectivity index (χ2n) is 25.1. The third-order valence-electron chi connectivity index (χ3n) is 15.9. The molecule has 0 aliphatic heterocycles. The molecule has 0 heterocycles. The van der Waals surface area contributed by atoms with Crippen LogP contribution in [0.3, 0.4) is 0 Å². The average Bonchev–Trinajstić information content (AvgIpc) is 0.834. The summed E-state index contributed by atoms with van der Waals surface area (Å²) in [5, 5.41) is 71.6. The molecule has 0 bridgehead atoms. The summed E-state index contributed by atoms with van der Waals surface area (Å²) in [6.07, 6.45) is -5.10. The molecule has 0 saturated carbocycles. The number of alkyl halides is 3. The Bertz CT molecular complexity index is 5600. The van der Waals surface area contributed by atoms with Gasteiger partial charge in [0.2, 0.25) is 0 Å². The number of benzene rings is 11. The van der Waals surface area contributed by atoms with Gasteiger partial charge < -0.3 is 29.0 Å². The van der Waals surface area contributed by atoms with E-state index in [4.69, 9.17) is 9.57 Å². The number of carbonyl (C=O) groups excluding carboxylic acids is 5. The molecular weight excluding hydrogens is 1720 g/mol. The molecule has 0 amide bonds. The Balaban J connectivity index is 0.000000213. The number of rotatable bonds is 26. The van der Waals surface area contributed by atoms with Crippen LogP contribution in [0.25, 0.3) is 0 Å². The average molecular weight is 1800 g/mol. The molecule has 11 aromatic carbocycles. The molecule has 0 N–H and O–H groups in total. The number of nitro benzene ring substituents is 5. The minimum absolute atomic E-state index is 0.00463. The molecular formula is C86H72F3N11O21S2Se. The molecule has 0 fully saturated rings. The number of anilines is 2. The van der Waals surface area contributed by atoms with Gasteiger partial charge in [-0.15, -0.1) is 0 Å². The summed E-state index contributed by atoms with van der Waals surface area (Å²) < 4.78 is 43.9. The van der Waals surface area contributed by atoms with Gasteiger partial charge in [0.15, 0.2) is 0 Å². The summed E-state index contributed by atoms with van der Waals surface area (Å²) in [4.78, 5) is 133. The van der Waals surface area contributed by atoms with Crippen LogP contribution in [0.1, 0.15) is 88.8 Å². The molecule has 32 nitrogen and oxygen atoms in total. The molecule has 0 aliphatic rings. The fraction of sp³-hybridized carbons (Fsp3) is 0.116. The first-order valence-electron chi connectivity index (χ1n) is 36.0. The molecule has 11 rings (SSSR count). The molecule has 38 heteroatoms. The van der Waals surface area contributed by atoms with E-state index < -0.39 is 60.6 Å². The van der Waals surface area contributed by atoms with E-state index in [1.807, 2.05) is 115 Å². The molecule has 0 radical (unpaired) electrons. The molecule has 124 heavy (non-hydrogen) atoms. The van der Waals surface area contributed by atoms with E-state index in [1.54, 1.807) is 118 Å². The Morgan fingerprint density at radius 3 is 0.887 bits per heavy atom. The van der Waals surface area contributed by atoms with E-state index in [-0.39, 0.29) is 49.1 Å². The van der Waals surface area contributed by atoms with Crippen LogP contribution < -0.4 is 18.6 Å². The summed E-state index contributed by atoms with van der Waals surface area (Å²) in [5.74, 6) is -3.22. The Labute approximate surface area is 719 Å². The molecule has 0 aliphatic carbocycles. The predicted molar refractivity (Wildman–Crippen MR) is 459 cm³/mol. The van der Waals surface area contributed by atoms with Gasteiger partial charge in [-0.3, -0.25) is 40.5 Å². The summed E-state index contributed by atoms with van der Waals surface area (Å²) in [5.41, 5.74) is 9.00. The van der Waals surface area contributed by atoms with Crippen molar-refractivity contribution < 1.29 is 90.7 Å². The minimum atomic E-state index is -5.10. The SMILES string of the molecule is C/C(=N\OC(=O)C(F)(F)F)c1ccc(Sc2ccc([N+](=O)[O-])cc2)cc1.CC(=O)O/N=C(\C)c1ccc(N(C)c2ccc([N+](=O)[O-])cc2)cc1.CC(=O)O/N=C(\C)c1ccc(Oc2ccc([N+](=O)[O-])cc2)cc1.CC(=O)O/N=C(\C)c1ccc(Sc2ccc([N+](=O)[O-])cc2)cc1.CC(=O)O/N=C(\c1ccccc1)c1ccc([Se]c2ccc([N+](=O)[O-])cc2)cc1. The summed E-state index contributed by atoms with van der Waals surface area (Å²) >= 11 is 2.87. The van der Waals surface area contributed by atoms with Crippen LogP contribution in [0.15, 0.2) is 318 Å². The van der Waals surface area contributed by atoms with Crippen molar-refractivity contribution in [2.75, 3.05) is 11.9 Å².